The molecule has 0 radical (unpaired) electrons. The van der Waals surface area contributed by atoms with E-state index in [-0.39, 0.29) is 6.61 Å². The highest BCUT2D eigenvalue weighted by molar-refractivity contribution is 5.89. The molecule has 0 bridgehead atoms. The molecule has 4 heteroatoms. The molecule has 104 valence electrons. The van der Waals surface area contributed by atoms with Gasteiger partial charge in [0, 0.05) is 17.5 Å². The molecular weight excluding hydrogens is 266 g/mol. The lowest BCUT2D eigenvalue weighted by Gasteiger charge is -2.00. The summed E-state index contributed by atoms with van der Waals surface area (Å²) < 4.78 is 5.03. The number of rotatable bonds is 3. The second-order valence-electron chi connectivity index (χ2n) is 4.27. The van der Waals surface area contributed by atoms with Crippen LogP contribution in [0.3, 0.4) is 0 Å². The molecule has 0 saturated heterocycles. The summed E-state index contributed by atoms with van der Waals surface area (Å²) in [5, 5.41) is 0. The first kappa shape index (κ1) is 14.5. The molecule has 0 aliphatic rings. The number of aromatic nitrogens is 1. The van der Waals surface area contributed by atoms with Crippen molar-refractivity contribution in [3.63, 3.8) is 0 Å². The quantitative estimate of drug-likeness (QED) is 0.492. The third-order valence-corrected chi connectivity index (χ3v) is 2.71. The number of hydrogen-bond donors (Lipinski definition) is 0. The van der Waals surface area contributed by atoms with Crippen LogP contribution in [0.4, 0.5) is 0 Å². The predicted molar refractivity (Wildman–Crippen MR) is 78.0 cm³/mol. The van der Waals surface area contributed by atoms with E-state index in [0.29, 0.717) is 16.7 Å². The molecule has 1 aromatic carbocycles. The average molecular weight is 279 g/mol. The summed E-state index contributed by atoms with van der Waals surface area (Å²) in [6, 6.07) is 10.3. The van der Waals surface area contributed by atoms with Gasteiger partial charge in [0.15, 0.2) is 12.9 Å². The molecule has 0 spiro atoms. The highest BCUT2D eigenvalue weighted by atomic mass is 16.5. The third-order valence-electron chi connectivity index (χ3n) is 2.71. The zero-order valence-corrected chi connectivity index (χ0v) is 11.5. The SMILES string of the molecule is Cc1cc(C=O)c(C#CCOC(=O)c2ccccc2)cn1. The maximum atomic E-state index is 11.7. The number of aldehydes is 1. The molecule has 0 unspecified atom stereocenters. The van der Waals surface area contributed by atoms with Crippen LogP contribution in [0, 0.1) is 18.8 Å². The summed E-state index contributed by atoms with van der Waals surface area (Å²) in [7, 11) is 0. The van der Waals surface area contributed by atoms with Gasteiger partial charge in [-0.05, 0) is 25.1 Å². The van der Waals surface area contributed by atoms with Gasteiger partial charge in [0.2, 0.25) is 0 Å². The van der Waals surface area contributed by atoms with Gasteiger partial charge >= 0.3 is 5.97 Å². The lowest BCUT2D eigenvalue weighted by Crippen LogP contribution is -2.04. The van der Waals surface area contributed by atoms with Gasteiger partial charge in [0.25, 0.3) is 0 Å². The van der Waals surface area contributed by atoms with Crippen molar-refractivity contribution in [1.82, 2.24) is 4.98 Å². The molecule has 0 saturated carbocycles. The summed E-state index contributed by atoms with van der Waals surface area (Å²) in [4.78, 5) is 26.7. The molecule has 0 aliphatic carbocycles. The van der Waals surface area contributed by atoms with E-state index in [4.69, 9.17) is 4.74 Å². The minimum atomic E-state index is -0.428. The van der Waals surface area contributed by atoms with Crippen LogP contribution in [0.2, 0.25) is 0 Å². The van der Waals surface area contributed by atoms with Gasteiger partial charge in [-0.2, -0.15) is 0 Å². The maximum Gasteiger partial charge on any atom is 0.339 e. The van der Waals surface area contributed by atoms with Crippen molar-refractivity contribution < 1.29 is 14.3 Å². The fourth-order valence-electron chi connectivity index (χ4n) is 1.67. The lowest BCUT2D eigenvalue weighted by molar-refractivity contribution is 0.0556. The smallest absolute Gasteiger partial charge is 0.339 e. The molecule has 0 amide bonds. The topological polar surface area (TPSA) is 56.3 Å². The second-order valence-corrected chi connectivity index (χ2v) is 4.27. The number of nitrogens with zero attached hydrogens (tertiary/aromatic N) is 1. The summed E-state index contributed by atoms with van der Waals surface area (Å²) in [5.41, 5.74) is 2.22. The van der Waals surface area contributed by atoms with Crippen molar-refractivity contribution in [2.45, 2.75) is 6.92 Å². The van der Waals surface area contributed by atoms with E-state index in [1.807, 2.05) is 6.07 Å². The van der Waals surface area contributed by atoms with Crippen LogP contribution >= 0.6 is 0 Å². The van der Waals surface area contributed by atoms with Crippen LogP contribution in [0.15, 0.2) is 42.6 Å². The third kappa shape index (κ3) is 4.02. The number of esters is 1. The summed E-state index contributed by atoms with van der Waals surface area (Å²) in [6.45, 7) is 1.76. The Hall–Kier alpha value is -2.93. The zero-order valence-electron chi connectivity index (χ0n) is 11.5. The number of ether oxygens (including phenoxy) is 1. The molecule has 1 heterocycles. The van der Waals surface area contributed by atoms with Crippen LogP contribution < -0.4 is 0 Å². The van der Waals surface area contributed by atoms with Gasteiger partial charge in [-0.3, -0.25) is 9.78 Å². The van der Waals surface area contributed by atoms with E-state index in [0.717, 1.165) is 12.0 Å². The van der Waals surface area contributed by atoms with Crippen molar-refractivity contribution in [3.8, 4) is 11.8 Å². The second kappa shape index (κ2) is 7.01. The molecule has 0 atom stereocenters. The first-order valence-electron chi connectivity index (χ1n) is 6.33. The highest BCUT2D eigenvalue weighted by Gasteiger charge is 2.04. The molecule has 0 aliphatic heterocycles. The van der Waals surface area contributed by atoms with E-state index >= 15 is 0 Å². The first-order chi connectivity index (χ1) is 10.2. The van der Waals surface area contributed by atoms with Crippen molar-refractivity contribution in [2.24, 2.45) is 0 Å². The van der Waals surface area contributed by atoms with Gasteiger partial charge in [-0.1, -0.05) is 30.0 Å². The largest absolute Gasteiger partial charge is 0.449 e. The van der Waals surface area contributed by atoms with Crippen molar-refractivity contribution >= 4 is 12.3 Å². The van der Waals surface area contributed by atoms with Crippen LogP contribution in [-0.4, -0.2) is 23.8 Å². The Morgan fingerprint density at radius 3 is 2.81 bits per heavy atom. The Labute approximate surface area is 122 Å². The number of pyridine rings is 1. The standard InChI is InChI=1S/C17H13NO3/c1-13-10-16(12-19)15(11-18-13)8-5-9-21-17(20)14-6-3-2-4-7-14/h2-4,6-7,10-12H,9H2,1H3. The number of aryl methyl sites for hydroxylation is 1. The molecular formula is C17H13NO3. The molecule has 21 heavy (non-hydrogen) atoms. The average Bonchev–Trinajstić information content (AvgIpc) is 2.53. The number of benzene rings is 1. The first-order valence-corrected chi connectivity index (χ1v) is 6.33. The molecule has 4 nitrogen and oxygen atoms in total. The molecule has 0 fully saturated rings. The fraction of sp³-hybridized carbons (Fsp3) is 0.118. The van der Waals surface area contributed by atoms with Gasteiger partial charge in [-0.25, -0.2) is 4.79 Å². The number of carbonyl (C=O) groups is 2. The Kier molecular flexibility index (Phi) is 4.84. The van der Waals surface area contributed by atoms with Crippen molar-refractivity contribution in [3.05, 3.63) is 65.0 Å². The maximum absolute atomic E-state index is 11.7. The summed E-state index contributed by atoms with van der Waals surface area (Å²) >= 11 is 0. The predicted octanol–water partition coefficient (Wildman–Crippen LogP) is 2.41. The van der Waals surface area contributed by atoms with Crippen LogP contribution in [0.5, 0.6) is 0 Å². The monoisotopic (exact) mass is 279 g/mol. The fourth-order valence-corrected chi connectivity index (χ4v) is 1.67. The minimum Gasteiger partial charge on any atom is -0.449 e. The summed E-state index contributed by atoms with van der Waals surface area (Å²) in [6.07, 6.45) is 2.26. The highest BCUT2D eigenvalue weighted by Crippen LogP contribution is 2.05. The van der Waals surface area contributed by atoms with Gasteiger partial charge in [0.05, 0.1) is 11.1 Å². The van der Waals surface area contributed by atoms with E-state index < -0.39 is 5.97 Å². The van der Waals surface area contributed by atoms with Crippen LogP contribution in [0.1, 0.15) is 32.0 Å². The molecule has 2 rings (SSSR count). The van der Waals surface area contributed by atoms with Gasteiger partial charge < -0.3 is 4.74 Å². The van der Waals surface area contributed by atoms with E-state index in [9.17, 15) is 9.59 Å². The Morgan fingerprint density at radius 1 is 1.33 bits per heavy atom. The molecule has 0 N–H and O–H groups in total. The van der Waals surface area contributed by atoms with E-state index in [1.54, 1.807) is 37.3 Å². The van der Waals surface area contributed by atoms with E-state index in [1.165, 1.54) is 6.20 Å². The normalized spacial score (nSPS) is 9.38. The number of carbonyl (C=O) groups excluding carboxylic acids is 2. The number of hydrogen-bond acceptors (Lipinski definition) is 4. The molecule has 1 aromatic heterocycles. The molecule has 2 aromatic rings. The Morgan fingerprint density at radius 2 is 2.10 bits per heavy atom. The minimum absolute atomic E-state index is 0.0418. The summed E-state index contributed by atoms with van der Waals surface area (Å²) in [5.74, 6) is 5.05. The lowest BCUT2D eigenvalue weighted by atomic mass is 10.1. The zero-order chi connectivity index (χ0) is 15.1. The van der Waals surface area contributed by atoms with Crippen LogP contribution in [-0.2, 0) is 4.74 Å². The van der Waals surface area contributed by atoms with E-state index in [2.05, 4.69) is 16.8 Å². The van der Waals surface area contributed by atoms with Crippen molar-refractivity contribution in [1.29, 1.82) is 0 Å². The Balaban J connectivity index is 1.99. The Bertz CT molecular complexity index is 712. The van der Waals surface area contributed by atoms with Gasteiger partial charge in [-0.15, -0.1) is 0 Å². The van der Waals surface area contributed by atoms with Gasteiger partial charge in [0.1, 0.15) is 0 Å². The van der Waals surface area contributed by atoms with Crippen molar-refractivity contribution in [2.75, 3.05) is 6.61 Å². The van der Waals surface area contributed by atoms with Crippen LogP contribution in [0.25, 0.3) is 0 Å².